The Morgan fingerprint density at radius 3 is 1.38 bits per heavy atom. The van der Waals surface area contributed by atoms with Gasteiger partial charge in [-0.25, -0.2) is 0 Å². The van der Waals surface area contributed by atoms with E-state index in [9.17, 15) is 27.2 Å². The van der Waals surface area contributed by atoms with Gasteiger partial charge in [-0.3, -0.25) is 9.59 Å². The molecule has 0 amide bonds. The zero-order valence-electron chi connectivity index (χ0n) is 12.5. The van der Waals surface area contributed by atoms with Crippen molar-refractivity contribution < 1.29 is 27.2 Å². The van der Waals surface area contributed by atoms with E-state index in [0.717, 1.165) is 22.7 Å². The molecule has 0 spiro atoms. The fourth-order valence-corrected chi connectivity index (χ4v) is 4.49. The first-order valence-corrected chi connectivity index (χ1v) is 8.41. The summed E-state index contributed by atoms with van der Waals surface area (Å²) in [6.07, 6.45) is 0.993. The van der Waals surface area contributed by atoms with Crippen molar-refractivity contribution in [1.82, 2.24) is 0 Å². The van der Waals surface area contributed by atoms with Crippen molar-refractivity contribution in [3.63, 3.8) is 0 Å². The van der Waals surface area contributed by atoms with Crippen LogP contribution < -0.4 is 0 Å². The highest BCUT2D eigenvalue weighted by Gasteiger charge is 2.72. The van der Waals surface area contributed by atoms with Crippen molar-refractivity contribution in [3.05, 3.63) is 42.8 Å². The fraction of sp³-hybridized carbons (Fsp3) is 0.250. The second kappa shape index (κ2) is 5.35. The highest BCUT2D eigenvalue weighted by atomic mass is 32.1. The van der Waals surface area contributed by atoms with Crippen molar-refractivity contribution in [2.24, 2.45) is 0 Å². The second-order valence-electron chi connectivity index (χ2n) is 5.37. The summed E-state index contributed by atoms with van der Waals surface area (Å²) in [7, 11) is 0. The Labute approximate surface area is 142 Å². The van der Waals surface area contributed by atoms with Gasteiger partial charge in [0.25, 0.3) is 0 Å². The van der Waals surface area contributed by atoms with Gasteiger partial charge in [0.1, 0.15) is 0 Å². The molecule has 1 aliphatic rings. The molecule has 0 N–H and O–H groups in total. The maximum Gasteiger partial charge on any atom is 0.340 e. The highest BCUT2D eigenvalue weighted by Crippen LogP contribution is 2.64. The first-order valence-electron chi connectivity index (χ1n) is 6.78. The SMILES string of the molecule is Cc1sc(C=O)cc1C1=C(c2cc(C=O)sc2C)C(F)(F)C1(F)F. The number of thiophene rings is 2. The van der Waals surface area contributed by atoms with Gasteiger partial charge >= 0.3 is 11.8 Å². The van der Waals surface area contributed by atoms with Crippen LogP contribution in [0.3, 0.4) is 0 Å². The lowest BCUT2D eigenvalue weighted by Crippen LogP contribution is -2.51. The number of carbonyl (C=O) groups excluding carboxylic acids is 2. The molecule has 0 saturated heterocycles. The van der Waals surface area contributed by atoms with Crippen LogP contribution >= 0.6 is 22.7 Å². The van der Waals surface area contributed by atoms with Crippen molar-refractivity contribution in [1.29, 1.82) is 0 Å². The predicted octanol–water partition coefficient (Wildman–Crippen LogP) is 5.25. The summed E-state index contributed by atoms with van der Waals surface area (Å²) in [5, 5.41) is 0. The van der Waals surface area contributed by atoms with Gasteiger partial charge in [-0.2, -0.15) is 17.6 Å². The largest absolute Gasteiger partial charge is 0.340 e. The Morgan fingerprint density at radius 1 is 0.792 bits per heavy atom. The third-order valence-corrected chi connectivity index (χ3v) is 5.87. The van der Waals surface area contributed by atoms with Crippen LogP contribution in [0.1, 0.15) is 40.2 Å². The second-order valence-corrected chi connectivity index (χ2v) is 7.95. The summed E-state index contributed by atoms with van der Waals surface area (Å²) in [4.78, 5) is 22.8. The van der Waals surface area contributed by atoms with Crippen LogP contribution in [0.4, 0.5) is 17.6 Å². The molecule has 0 atom stereocenters. The number of halogens is 4. The number of hydrogen-bond donors (Lipinski definition) is 0. The van der Waals surface area contributed by atoms with Crippen LogP contribution in [-0.4, -0.2) is 24.4 Å². The summed E-state index contributed by atoms with van der Waals surface area (Å²) in [5.74, 6) is -8.66. The van der Waals surface area contributed by atoms with Crippen LogP contribution in [0.15, 0.2) is 12.1 Å². The van der Waals surface area contributed by atoms with Gasteiger partial charge < -0.3 is 0 Å². The summed E-state index contributed by atoms with van der Waals surface area (Å²) < 4.78 is 56.6. The number of rotatable bonds is 4. The Balaban J connectivity index is 2.31. The third-order valence-electron chi connectivity index (χ3n) is 3.92. The zero-order valence-corrected chi connectivity index (χ0v) is 14.1. The van der Waals surface area contributed by atoms with Gasteiger partial charge in [-0.05, 0) is 37.1 Å². The molecule has 2 aromatic heterocycles. The molecule has 126 valence electrons. The van der Waals surface area contributed by atoms with E-state index in [-0.39, 0.29) is 20.9 Å². The molecular formula is C16H10F4O2S2. The van der Waals surface area contributed by atoms with E-state index >= 15 is 0 Å². The normalized spacial score (nSPS) is 18.4. The molecule has 0 bridgehead atoms. The molecule has 0 saturated carbocycles. The molecule has 24 heavy (non-hydrogen) atoms. The Morgan fingerprint density at radius 2 is 1.12 bits per heavy atom. The van der Waals surface area contributed by atoms with Crippen molar-refractivity contribution >= 4 is 46.4 Å². The number of carbonyl (C=O) groups is 2. The molecule has 0 unspecified atom stereocenters. The van der Waals surface area contributed by atoms with E-state index in [1.54, 1.807) is 0 Å². The lowest BCUT2D eigenvalue weighted by molar-refractivity contribution is -0.149. The van der Waals surface area contributed by atoms with E-state index in [1.165, 1.54) is 26.0 Å². The lowest BCUT2D eigenvalue weighted by atomic mass is 9.73. The van der Waals surface area contributed by atoms with E-state index in [2.05, 4.69) is 0 Å². The zero-order chi connectivity index (χ0) is 17.9. The van der Waals surface area contributed by atoms with E-state index in [4.69, 9.17) is 0 Å². The Hall–Kier alpha value is -1.80. The Bertz CT molecular complexity index is 818. The first-order chi connectivity index (χ1) is 11.1. The lowest BCUT2D eigenvalue weighted by Gasteiger charge is -2.41. The quantitative estimate of drug-likeness (QED) is 0.541. The van der Waals surface area contributed by atoms with Crippen LogP contribution in [0.2, 0.25) is 0 Å². The molecule has 2 nitrogen and oxygen atoms in total. The van der Waals surface area contributed by atoms with Gasteiger partial charge in [0, 0.05) is 20.9 Å². The Kier molecular flexibility index (Phi) is 3.80. The molecule has 1 aliphatic carbocycles. The molecule has 2 aromatic rings. The molecule has 0 radical (unpaired) electrons. The number of aryl methyl sites for hydroxylation is 2. The highest BCUT2D eigenvalue weighted by molar-refractivity contribution is 7.14. The molecule has 0 aliphatic heterocycles. The predicted molar refractivity (Wildman–Crippen MR) is 85.6 cm³/mol. The maximum absolute atomic E-state index is 14.2. The smallest absolute Gasteiger partial charge is 0.297 e. The first kappa shape index (κ1) is 17.0. The minimum Gasteiger partial charge on any atom is -0.297 e. The average molecular weight is 374 g/mol. The average Bonchev–Trinajstić information content (AvgIpc) is 3.06. The van der Waals surface area contributed by atoms with Gasteiger partial charge in [-0.1, -0.05) is 0 Å². The van der Waals surface area contributed by atoms with Crippen LogP contribution in [0, 0.1) is 13.8 Å². The minimum absolute atomic E-state index is 0.0497. The van der Waals surface area contributed by atoms with Crippen LogP contribution in [0.25, 0.3) is 11.1 Å². The van der Waals surface area contributed by atoms with Crippen LogP contribution in [0.5, 0.6) is 0 Å². The van der Waals surface area contributed by atoms with Crippen molar-refractivity contribution in [2.45, 2.75) is 25.7 Å². The molecule has 8 heteroatoms. The van der Waals surface area contributed by atoms with Gasteiger partial charge in [0.2, 0.25) is 0 Å². The molecule has 0 aromatic carbocycles. The van der Waals surface area contributed by atoms with E-state index in [0.29, 0.717) is 22.3 Å². The number of alkyl halides is 4. The molecule has 0 fully saturated rings. The van der Waals surface area contributed by atoms with Crippen molar-refractivity contribution in [3.8, 4) is 0 Å². The summed E-state index contributed by atoms with van der Waals surface area (Å²) in [6, 6.07) is 2.40. The van der Waals surface area contributed by atoms with Crippen LogP contribution in [-0.2, 0) is 0 Å². The standard InChI is InChI=1S/C16H10F4O2S2/c1-7-11(3-9(5-21)23-7)13-14(16(19,20)15(13,17)18)12-4-10(6-22)24-8(12)2/h3-6H,1-2H3. The topological polar surface area (TPSA) is 34.1 Å². The summed E-state index contributed by atoms with van der Waals surface area (Å²) in [5.41, 5.74) is -1.64. The summed E-state index contributed by atoms with van der Waals surface area (Å²) >= 11 is 1.94. The van der Waals surface area contributed by atoms with Gasteiger partial charge in [-0.15, -0.1) is 22.7 Å². The minimum atomic E-state index is -4.33. The number of hydrogen-bond acceptors (Lipinski definition) is 4. The molecule has 2 heterocycles. The third kappa shape index (κ3) is 2.12. The maximum atomic E-state index is 14.2. The van der Waals surface area contributed by atoms with E-state index < -0.39 is 23.0 Å². The van der Waals surface area contributed by atoms with Gasteiger partial charge in [0.15, 0.2) is 12.6 Å². The molecule has 3 rings (SSSR count). The summed E-state index contributed by atoms with van der Waals surface area (Å²) in [6.45, 7) is 3.00. The van der Waals surface area contributed by atoms with Gasteiger partial charge in [0.05, 0.1) is 9.75 Å². The fourth-order valence-electron chi connectivity index (χ4n) is 2.80. The number of aldehydes is 2. The number of allylic oxidation sites excluding steroid dienone is 2. The molecular weight excluding hydrogens is 364 g/mol. The monoisotopic (exact) mass is 374 g/mol. The van der Waals surface area contributed by atoms with E-state index in [1.807, 2.05) is 0 Å². The van der Waals surface area contributed by atoms with Crippen molar-refractivity contribution in [2.75, 3.05) is 0 Å².